The molecule has 3 nitrogen and oxygen atoms in total. The SMILES string of the molecule is Cc1ccc(OCc2ccccc2)c(ON)c1. The molecule has 0 saturated carbocycles. The second-order valence-electron chi connectivity index (χ2n) is 3.84. The number of ether oxygens (including phenoxy) is 1. The zero-order chi connectivity index (χ0) is 12.1. The fourth-order valence-electron chi connectivity index (χ4n) is 1.56. The van der Waals surface area contributed by atoms with Crippen LogP contribution in [0.3, 0.4) is 0 Å². The Bertz CT molecular complexity index is 483. The molecule has 0 aliphatic rings. The first-order valence-electron chi connectivity index (χ1n) is 5.43. The molecule has 88 valence electrons. The van der Waals surface area contributed by atoms with Gasteiger partial charge in [-0.2, -0.15) is 5.90 Å². The fraction of sp³-hybridized carbons (Fsp3) is 0.143. The highest BCUT2D eigenvalue weighted by atomic mass is 16.6. The summed E-state index contributed by atoms with van der Waals surface area (Å²) in [6, 6.07) is 15.6. The summed E-state index contributed by atoms with van der Waals surface area (Å²) < 4.78 is 5.66. The topological polar surface area (TPSA) is 44.5 Å². The maximum absolute atomic E-state index is 5.66. The standard InChI is InChI=1S/C14H15NO2/c1-11-7-8-13(14(9-11)17-15)16-10-12-5-3-2-4-6-12/h2-9H,10,15H2,1H3. The molecular formula is C14H15NO2. The van der Waals surface area contributed by atoms with Gasteiger partial charge in [0.15, 0.2) is 11.5 Å². The van der Waals surface area contributed by atoms with Crippen LogP contribution in [0.2, 0.25) is 0 Å². The smallest absolute Gasteiger partial charge is 0.188 e. The first kappa shape index (κ1) is 11.5. The van der Waals surface area contributed by atoms with Gasteiger partial charge in [0.05, 0.1) is 0 Å². The van der Waals surface area contributed by atoms with Gasteiger partial charge in [-0.1, -0.05) is 36.4 Å². The number of hydrogen-bond donors (Lipinski definition) is 1. The summed E-state index contributed by atoms with van der Waals surface area (Å²) in [6.07, 6.45) is 0. The number of aryl methyl sites for hydroxylation is 1. The lowest BCUT2D eigenvalue weighted by atomic mass is 10.2. The average molecular weight is 229 g/mol. The predicted molar refractivity (Wildman–Crippen MR) is 66.8 cm³/mol. The van der Waals surface area contributed by atoms with Gasteiger partial charge in [-0.05, 0) is 30.2 Å². The third kappa shape index (κ3) is 2.98. The Morgan fingerprint density at radius 1 is 1.00 bits per heavy atom. The molecule has 17 heavy (non-hydrogen) atoms. The average Bonchev–Trinajstić information content (AvgIpc) is 2.38. The molecule has 0 heterocycles. The second kappa shape index (κ2) is 5.37. The van der Waals surface area contributed by atoms with Crippen molar-refractivity contribution in [2.75, 3.05) is 0 Å². The van der Waals surface area contributed by atoms with Gasteiger partial charge in [-0.15, -0.1) is 0 Å². The van der Waals surface area contributed by atoms with E-state index in [1.807, 2.05) is 55.5 Å². The number of hydrogen-bond acceptors (Lipinski definition) is 3. The molecule has 2 N–H and O–H groups in total. The Morgan fingerprint density at radius 2 is 1.76 bits per heavy atom. The van der Waals surface area contributed by atoms with Crippen LogP contribution in [0.5, 0.6) is 11.5 Å². The van der Waals surface area contributed by atoms with Gasteiger partial charge in [0.2, 0.25) is 0 Å². The maximum atomic E-state index is 5.66. The van der Waals surface area contributed by atoms with Crippen molar-refractivity contribution in [3.8, 4) is 11.5 Å². The molecule has 0 aliphatic carbocycles. The molecule has 2 aromatic rings. The van der Waals surface area contributed by atoms with Gasteiger partial charge < -0.3 is 9.57 Å². The Balaban J connectivity index is 2.09. The molecule has 0 amide bonds. The zero-order valence-corrected chi connectivity index (χ0v) is 9.72. The molecule has 0 aliphatic heterocycles. The van der Waals surface area contributed by atoms with Gasteiger partial charge in [0.1, 0.15) is 6.61 Å². The molecule has 0 bridgehead atoms. The molecular weight excluding hydrogens is 214 g/mol. The summed E-state index contributed by atoms with van der Waals surface area (Å²) in [7, 11) is 0. The summed E-state index contributed by atoms with van der Waals surface area (Å²) in [5, 5.41) is 0. The normalized spacial score (nSPS) is 10.0. The fourth-order valence-corrected chi connectivity index (χ4v) is 1.56. The highest BCUT2D eigenvalue weighted by molar-refractivity contribution is 5.42. The zero-order valence-electron chi connectivity index (χ0n) is 9.72. The van der Waals surface area contributed by atoms with Crippen molar-refractivity contribution >= 4 is 0 Å². The van der Waals surface area contributed by atoms with Crippen molar-refractivity contribution in [2.45, 2.75) is 13.5 Å². The number of benzene rings is 2. The summed E-state index contributed by atoms with van der Waals surface area (Å²) >= 11 is 0. The van der Waals surface area contributed by atoms with E-state index < -0.39 is 0 Å². The monoisotopic (exact) mass is 229 g/mol. The third-order valence-electron chi connectivity index (χ3n) is 2.46. The molecule has 0 unspecified atom stereocenters. The van der Waals surface area contributed by atoms with Crippen molar-refractivity contribution in [1.82, 2.24) is 0 Å². The van der Waals surface area contributed by atoms with E-state index in [0.717, 1.165) is 11.1 Å². The number of nitrogens with two attached hydrogens (primary N) is 1. The van der Waals surface area contributed by atoms with Crippen LogP contribution in [0, 0.1) is 6.92 Å². The van der Waals surface area contributed by atoms with Crippen LogP contribution in [-0.4, -0.2) is 0 Å². The first-order valence-corrected chi connectivity index (χ1v) is 5.43. The second-order valence-corrected chi connectivity index (χ2v) is 3.84. The van der Waals surface area contributed by atoms with Gasteiger partial charge in [-0.3, -0.25) is 0 Å². The highest BCUT2D eigenvalue weighted by Crippen LogP contribution is 2.27. The summed E-state index contributed by atoms with van der Waals surface area (Å²) in [5.74, 6) is 6.42. The molecule has 0 aromatic heterocycles. The Kier molecular flexibility index (Phi) is 3.62. The van der Waals surface area contributed by atoms with Crippen LogP contribution >= 0.6 is 0 Å². The molecule has 0 fully saturated rings. The van der Waals surface area contributed by atoms with Crippen LogP contribution < -0.4 is 15.5 Å². The minimum absolute atomic E-state index is 0.500. The number of rotatable bonds is 4. The van der Waals surface area contributed by atoms with E-state index in [2.05, 4.69) is 0 Å². The van der Waals surface area contributed by atoms with E-state index in [9.17, 15) is 0 Å². The highest BCUT2D eigenvalue weighted by Gasteiger charge is 2.04. The van der Waals surface area contributed by atoms with Gasteiger partial charge in [-0.25, -0.2) is 0 Å². The molecule has 0 atom stereocenters. The Hall–Kier alpha value is -2.00. The van der Waals surface area contributed by atoms with E-state index in [0.29, 0.717) is 18.1 Å². The van der Waals surface area contributed by atoms with Crippen molar-refractivity contribution < 1.29 is 9.57 Å². The van der Waals surface area contributed by atoms with E-state index in [4.69, 9.17) is 15.5 Å². The van der Waals surface area contributed by atoms with Crippen LogP contribution in [0.4, 0.5) is 0 Å². The molecule has 2 rings (SSSR count). The molecule has 3 heteroatoms. The van der Waals surface area contributed by atoms with Crippen LogP contribution in [0.25, 0.3) is 0 Å². The van der Waals surface area contributed by atoms with Crippen LogP contribution in [0.15, 0.2) is 48.5 Å². The van der Waals surface area contributed by atoms with Crippen molar-refractivity contribution in [3.63, 3.8) is 0 Å². The molecule has 2 aromatic carbocycles. The van der Waals surface area contributed by atoms with E-state index in [1.165, 1.54) is 0 Å². The van der Waals surface area contributed by atoms with Crippen molar-refractivity contribution in [3.05, 3.63) is 59.7 Å². The quantitative estimate of drug-likeness (QED) is 0.820. The largest absolute Gasteiger partial charge is 0.485 e. The van der Waals surface area contributed by atoms with E-state index in [1.54, 1.807) is 0 Å². The lowest BCUT2D eigenvalue weighted by Crippen LogP contribution is -2.05. The minimum atomic E-state index is 0.500. The summed E-state index contributed by atoms with van der Waals surface area (Å²) in [6.45, 7) is 2.48. The molecule has 0 spiro atoms. The third-order valence-corrected chi connectivity index (χ3v) is 2.46. The van der Waals surface area contributed by atoms with Crippen LogP contribution in [0.1, 0.15) is 11.1 Å². The first-order chi connectivity index (χ1) is 8.29. The van der Waals surface area contributed by atoms with Crippen molar-refractivity contribution in [2.24, 2.45) is 5.90 Å². The van der Waals surface area contributed by atoms with E-state index >= 15 is 0 Å². The van der Waals surface area contributed by atoms with Gasteiger partial charge in [0.25, 0.3) is 0 Å². The van der Waals surface area contributed by atoms with Gasteiger partial charge >= 0.3 is 0 Å². The van der Waals surface area contributed by atoms with E-state index in [-0.39, 0.29) is 0 Å². The summed E-state index contributed by atoms with van der Waals surface area (Å²) in [5.41, 5.74) is 2.19. The van der Waals surface area contributed by atoms with Crippen LogP contribution in [-0.2, 0) is 6.61 Å². The predicted octanol–water partition coefficient (Wildman–Crippen LogP) is 2.83. The Morgan fingerprint density at radius 3 is 2.47 bits per heavy atom. The minimum Gasteiger partial charge on any atom is -0.485 e. The maximum Gasteiger partial charge on any atom is 0.188 e. The molecule has 0 saturated heterocycles. The van der Waals surface area contributed by atoms with Gasteiger partial charge in [0, 0.05) is 0 Å². The lowest BCUT2D eigenvalue weighted by Gasteiger charge is -2.10. The lowest BCUT2D eigenvalue weighted by molar-refractivity contribution is 0.266. The molecule has 0 radical (unpaired) electrons. The Labute approximate surface area is 101 Å². The summed E-state index contributed by atoms with van der Waals surface area (Å²) in [4.78, 5) is 4.79. The van der Waals surface area contributed by atoms with Crippen molar-refractivity contribution in [1.29, 1.82) is 0 Å².